The zero-order valence-electron chi connectivity index (χ0n) is 14.3. The fourth-order valence-electron chi connectivity index (χ4n) is 3.21. The molecule has 0 bridgehead atoms. The van der Waals surface area contributed by atoms with Crippen LogP contribution in [0.25, 0.3) is 21.3 Å². The Morgan fingerprint density at radius 2 is 2.30 bits per heavy atom. The number of carbonyl (C=O) groups is 1. The molecule has 4 aromatic rings. The maximum atomic E-state index is 11.5. The normalized spacial score (nSPS) is 15.3. The van der Waals surface area contributed by atoms with E-state index in [1.165, 1.54) is 11.3 Å². The van der Waals surface area contributed by atoms with Crippen LogP contribution in [0.1, 0.15) is 5.56 Å². The van der Waals surface area contributed by atoms with Gasteiger partial charge < -0.3 is 14.5 Å². The van der Waals surface area contributed by atoms with Gasteiger partial charge in [0.2, 0.25) is 5.91 Å². The number of amides is 1. The summed E-state index contributed by atoms with van der Waals surface area (Å²) in [6.45, 7) is 2.62. The van der Waals surface area contributed by atoms with E-state index in [-0.39, 0.29) is 5.91 Å². The lowest BCUT2D eigenvalue weighted by atomic mass is 10.1. The molecule has 1 aromatic carbocycles. The molecule has 5 rings (SSSR count). The number of nitrogens with zero attached hydrogens (tertiary/aromatic N) is 3. The van der Waals surface area contributed by atoms with E-state index < -0.39 is 0 Å². The summed E-state index contributed by atoms with van der Waals surface area (Å²) in [5.74, 6) is 0.731. The van der Waals surface area contributed by atoms with E-state index in [0.29, 0.717) is 36.2 Å². The Hall–Kier alpha value is -2.97. The monoisotopic (exact) mass is 380 g/mol. The highest BCUT2D eigenvalue weighted by atomic mass is 32.1. The first-order chi connectivity index (χ1) is 13.2. The molecule has 1 saturated heterocycles. The van der Waals surface area contributed by atoms with Crippen LogP contribution in [0.4, 0.5) is 0 Å². The molecule has 0 saturated carbocycles. The van der Waals surface area contributed by atoms with Gasteiger partial charge in [0.25, 0.3) is 5.19 Å². The van der Waals surface area contributed by atoms with Gasteiger partial charge in [-0.15, -0.1) is 0 Å². The number of aromatic nitrogens is 2. The lowest BCUT2D eigenvalue weighted by Gasteiger charge is -2.25. The summed E-state index contributed by atoms with van der Waals surface area (Å²) in [7, 11) is 0. The van der Waals surface area contributed by atoms with Crippen LogP contribution >= 0.6 is 11.3 Å². The second-order valence-corrected chi connectivity index (χ2v) is 7.38. The van der Waals surface area contributed by atoms with E-state index in [4.69, 9.17) is 9.15 Å². The van der Waals surface area contributed by atoms with Crippen LogP contribution in [-0.2, 0) is 11.3 Å². The first kappa shape index (κ1) is 16.2. The van der Waals surface area contributed by atoms with E-state index in [1.807, 2.05) is 30.3 Å². The van der Waals surface area contributed by atoms with Crippen LogP contribution < -0.4 is 10.1 Å². The number of rotatable bonds is 4. The number of furan rings is 1. The van der Waals surface area contributed by atoms with Gasteiger partial charge >= 0.3 is 0 Å². The molecule has 1 aliphatic rings. The van der Waals surface area contributed by atoms with Crippen molar-refractivity contribution in [1.29, 1.82) is 0 Å². The third kappa shape index (κ3) is 3.24. The van der Waals surface area contributed by atoms with Gasteiger partial charge in [-0.2, -0.15) is 4.98 Å². The highest BCUT2D eigenvalue weighted by Gasteiger charge is 2.18. The molecule has 0 radical (unpaired) electrons. The Balaban J connectivity index is 1.37. The summed E-state index contributed by atoms with van der Waals surface area (Å²) in [6, 6.07) is 9.60. The average Bonchev–Trinajstić information content (AvgIpc) is 3.25. The van der Waals surface area contributed by atoms with Crippen molar-refractivity contribution in [2.75, 3.05) is 19.6 Å². The van der Waals surface area contributed by atoms with Crippen molar-refractivity contribution in [2.45, 2.75) is 6.54 Å². The van der Waals surface area contributed by atoms with Crippen LogP contribution in [0, 0.1) is 0 Å². The van der Waals surface area contributed by atoms with Crippen LogP contribution in [0.3, 0.4) is 0 Å². The van der Waals surface area contributed by atoms with Crippen molar-refractivity contribution in [2.24, 2.45) is 0 Å². The molecule has 0 aliphatic carbocycles. The van der Waals surface area contributed by atoms with Gasteiger partial charge in [0.15, 0.2) is 5.65 Å². The summed E-state index contributed by atoms with van der Waals surface area (Å²) in [5, 5.41) is 4.42. The topological polar surface area (TPSA) is 80.5 Å². The molecule has 0 spiro atoms. The van der Waals surface area contributed by atoms with Gasteiger partial charge in [-0.1, -0.05) is 11.3 Å². The molecule has 1 amide bonds. The highest BCUT2D eigenvalue weighted by molar-refractivity contribution is 7.20. The number of benzene rings is 1. The standard InChI is InChI=1S/C19H16N4O3S/c24-17-10-23(7-6-20-17)9-12-11-25-15-8-13(3-4-14(12)15)26-19-22-18-16(27-19)2-1-5-21-18/h1-5,8,11H,6-7,9-10H2,(H,20,24). The summed E-state index contributed by atoms with van der Waals surface area (Å²) in [5.41, 5.74) is 2.50. The number of thiazole rings is 1. The minimum atomic E-state index is 0.0649. The predicted octanol–water partition coefficient (Wildman–Crippen LogP) is 3.16. The van der Waals surface area contributed by atoms with Crippen LogP contribution in [0.5, 0.6) is 10.9 Å². The second kappa shape index (κ2) is 6.64. The van der Waals surface area contributed by atoms with Crippen molar-refractivity contribution in [1.82, 2.24) is 20.2 Å². The third-order valence-corrected chi connectivity index (χ3v) is 5.38. The molecular formula is C19H16N4O3S. The van der Waals surface area contributed by atoms with Crippen molar-refractivity contribution in [3.05, 3.63) is 48.4 Å². The third-order valence-electron chi connectivity index (χ3n) is 4.49. The Bertz CT molecular complexity index is 1100. The molecule has 3 aromatic heterocycles. The predicted molar refractivity (Wildman–Crippen MR) is 102 cm³/mol. The molecule has 27 heavy (non-hydrogen) atoms. The number of carbonyl (C=O) groups excluding carboxylic acids is 1. The summed E-state index contributed by atoms with van der Waals surface area (Å²) < 4.78 is 12.6. The largest absolute Gasteiger partial charge is 0.464 e. The number of piperazine rings is 1. The van der Waals surface area contributed by atoms with Crippen LogP contribution in [0.2, 0.25) is 0 Å². The maximum absolute atomic E-state index is 11.5. The summed E-state index contributed by atoms with van der Waals surface area (Å²) in [6.07, 6.45) is 3.47. The Morgan fingerprint density at radius 3 is 3.19 bits per heavy atom. The highest BCUT2D eigenvalue weighted by Crippen LogP contribution is 2.33. The van der Waals surface area contributed by atoms with Gasteiger partial charge in [0, 0.05) is 42.8 Å². The number of nitrogens with one attached hydrogen (secondary N) is 1. The van der Waals surface area contributed by atoms with Crippen LogP contribution in [0.15, 0.2) is 47.2 Å². The summed E-state index contributed by atoms with van der Waals surface area (Å²) in [4.78, 5) is 22.3. The van der Waals surface area contributed by atoms with E-state index in [1.54, 1.807) is 12.5 Å². The molecule has 4 heterocycles. The van der Waals surface area contributed by atoms with Gasteiger partial charge in [0.05, 0.1) is 17.5 Å². The van der Waals surface area contributed by atoms with Crippen molar-refractivity contribution < 1.29 is 13.9 Å². The molecule has 136 valence electrons. The van der Waals surface area contributed by atoms with E-state index in [9.17, 15) is 4.79 Å². The molecular weight excluding hydrogens is 364 g/mol. The zero-order valence-corrected chi connectivity index (χ0v) is 15.2. The van der Waals surface area contributed by atoms with Crippen molar-refractivity contribution >= 4 is 38.6 Å². The minimum absolute atomic E-state index is 0.0649. The SMILES string of the molecule is O=C1CN(Cc2coc3cc(Oc4nc5ncccc5s4)ccc23)CCN1. The van der Waals surface area contributed by atoms with Gasteiger partial charge in [-0.05, 0) is 24.3 Å². The molecule has 7 nitrogen and oxygen atoms in total. The van der Waals surface area contributed by atoms with E-state index in [0.717, 1.165) is 27.8 Å². The Kier molecular flexibility index (Phi) is 3.99. The fraction of sp³-hybridized carbons (Fsp3) is 0.211. The van der Waals surface area contributed by atoms with Crippen molar-refractivity contribution in [3.8, 4) is 10.9 Å². The molecule has 0 unspecified atom stereocenters. The maximum Gasteiger partial charge on any atom is 0.281 e. The van der Waals surface area contributed by atoms with Crippen molar-refractivity contribution in [3.63, 3.8) is 0 Å². The number of hydrogen-bond donors (Lipinski definition) is 1. The molecule has 8 heteroatoms. The number of ether oxygens (including phenoxy) is 1. The van der Waals surface area contributed by atoms with Gasteiger partial charge in [0.1, 0.15) is 11.3 Å². The molecule has 1 N–H and O–H groups in total. The lowest BCUT2D eigenvalue weighted by molar-refractivity contribution is -0.124. The Labute approximate surface area is 158 Å². The smallest absolute Gasteiger partial charge is 0.281 e. The molecule has 1 fully saturated rings. The van der Waals surface area contributed by atoms with E-state index >= 15 is 0 Å². The lowest BCUT2D eigenvalue weighted by Crippen LogP contribution is -2.47. The molecule has 0 atom stereocenters. The first-order valence-corrected chi connectivity index (χ1v) is 9.45. The average molecular weight is 380 g/mol. The number of fused-ring (bicyclic) bond motifs is 2. The quantitative estimate of drug-likeness (QED) is 0.586. The summed E-state index contributed by atoms with van der Waals surface area (Å²) >= 11 is 1.46. The van der Waals surface area contributed by atoms with Gasteiger partial charge in [-0.25, -0.2) is 4.98 Å². The molecule has 1 aliphatic heterocycles. The van der Waals surface area contributed by atoms with Gasteiger partial charge in [-0.3, -0.25) is 9.69 Å². The minimum Gasteiger partial charge on any atom is -0.464 e. The number of hydrogen-bond acceptors (Lipinski definition) is 7. The second-order valence-electron chi connectivity index (χ2n) is 6.39. The zero-order chi connectivity index (χ0) is 18.2. The fourth-order valence-corrected chi connectivity index (χ4v) is 4.00. The first-order valence-electron chi connectivity index (χ1n) is 8.63. The number of pyridine rings is 1. The van der Waals surface area contributed by atoms with Crippen LogP contribution in [-0.4, -0.2) is 40.4 Å². The van der Waals surface area contributed by atoms with E-state index in [2.05, 4.69) is 20.2 Å². The Morgan fingerprint density at radius 1 is 1.33 bits per heavy atom.